The summed E-state index contributed by atoms with van der Waals surface area (Å²) in [5.41, 5.74) is -0.818. The zero-order valence-electron chi connectivity index (χ0n) is 24.7. The van der Waals surface area contributed by atoms with Crippen LogP contribution in [0.15, 0.2) is 30.3 Å². The molecule has 0 N–H and O–H groups in total. The number of carbonyl (C=O) groups excluding carboxylic acids is 5. The number of rotatable bonds is 20. The fourth-order valence-electron chi connectivity index (χ4n) is 5.96. The van der Waals surface area contributed by atoms with Gasteiger partial charge in [0.25, 0.3) is 0 Å². The molecule has 222 valence electrons. The fraction of sp³-hybridized carbons (Fsp3) is 0.667. The Bertz CT molecular complexity index is 970. The fourth-order valence-corrected chi connectivity index (χ4v) is 5.96. The molecule has 7 heteroatoms. The van der Waals surface area contributed by atoms with E-state index in [4.69, 9.17) is 9.47 Å². The van der Waals surface area contributed by atoms with Crippen LogP contribution in [-0.4, -0.2) is 42.5 Å². The Labute approximate surface area is 239 Å². The average Bonchev–Trinajstić information content (AvgIpc) is 3.28. The molecule has 1 aliphatic rings. The molecule has 2 rings (SSSR count). The van der Waals surface area contributed by atoms with Crippen LogP contribution in [0.25, 0.3) is 0 Å². The van der Waals surface area contributed by atoms with E-state index in [0.717, 1.165) is 38.5 Å². The van der Waals surface area contributed by atoms with Crippen molar-refractivity contribution in [3.63, 3.8) is 0 Å². The van der Waals surface area contributed by atoms with Gasteiger partial charge < -0.3 is 9.47 Å². The lowest BCUT2D eigenvalue weighted by atomic mass is 9.69. The van der Waals surface area contributed by atoms with Gasteiger partial charge in [0.05, 0.1) is 13.2 Å². The third-order valence-corrected chi connectivity index (χ3v) is 8.06. The van der Waals surface area contributed by atoms with Crippen molar-refractivity contribution in [3.8, 4) is 0 Å². The number of carbonyl (C=O) groups is 5. The first-order valence-corrected chi connectivity index (χ1v) is 15.3. The Morgan fingerprint density at radius 2 is 1.57 bits per heavy atom. The van der Waals surface area contributed by atoms with Crippen molar-refractivity contribution in [2.24, 2.45) is 17.3 Å². The van der Waals surface area contributed by atoms with Gasteiger partial charge in [-0.2, -0.15) is 0 Å². The first-order valence-electron chi connectivity index (χ1n) is 15.3. The second kappa shape index (κ2) is 17.8. The predicted molar refractivity (Wildman–Crippen MR) is 154 cm³/mol. The third kappa shape index (κ3) is 9.67. The van der Waals surface area contributed by atoms with E-state index in [1.54, 1.807) is 26.0 Å². The van der Waals surface area contributed by atoms with Crippen molar-refractivity contribution >= 4 is 29.3 Å². The van der Waals surface area contributed by atoms with Gasteiger partial charge in [-0.15, -0.1) is 0 Å². The molecule has 3 unspecified atom stereocenters. The number of ether oxygens (including phenoxy) is 2. The smallest absolute Gasteiger partial charge is 0.320 e. The number of benzene rings is 1. The molecule has 7 nitrogen and oxygen atoms in total. The minimum atomic E-state index is -1.45. The molecule has 40 heavy (non-hydrogen) atoms. The van der Waals surface area contributed by atoms with Gasteiger partial charge in [-0.3, -0.25) is 24.0 Å². The summed E-state index contributed by atoms with van der Waals surface area (Å²) >= 11 is 0. The molecule has 0 aliphatic heterocycles. The van der Waals surface area contributed by atoms with E-state index in [0.29, 0.717) is 37.9 Å². The molecule has 0 radical (unpaired) electrons. The number of hydrogen-bond acceptors (Lipinski definition) is 7. The van der Waals surface area contributed by atoms with E-state index >= 15 is 0 Å². The quantitative estimate of drug-likeness (QED) is 0.0749. The molecule has 1 aromatic carbocycles. The minimum Gasteiger partial charge on any atom is -0.466 e. The Balaban J connectivity index is 2.13. The van der Waals surface area contributed by atoms with Crippen LogP contribution >= 0.6 is 0 Å². The van der Waals surface area contributed by atoms with E-state index in [2.05, 4.69) is 6.92 Å². The number of esters is 2. The summed E-state index contributed by atoms with van der Waals surface area (Å²) < 4.78 is 10.4. The normalized spacial score (nSPS) is 19.3. The molecular formula is C33H48O7. The summed E-state index contributed by atoms with van der Waals surface area (Å²) in [5, 5.41) is 0. The molecular weight excluding hydrogens is 508 g/mol. The number of Topliss-reactive ketones (excluding diaryl/α,β-unsaturated/α-hetero) is 3. The number of unbranched alkanes of at least 4 members (excludes halogenated alkanes) is 5. The van der Waals surface area contributed by atoms with Crippen molar-refractivity contribution in [3.05, 3.63) is 35.9 Å². The molecule has 0 heterocycles. The highest BCUT2D eigenvalue weighted by Gasteiger charge is 2.58. The van der Waals surface area contributed by atoms with Gasteiger partial charge in [0.1, 0.15) is 11.2 Å². The highest BCUT2D eigenvalue weighted by atomic mass is 16.5. The summed E-state index contributed by atoms with van der Waals surface area (Å²) in [6.07, 6.45) is 8.10. The van der Waals surface area contributed by atoms with E-state index in [9.17, 15) is 24.0 Å². The van der Waals surface area contributed by atoms with E-state index in [-0.39, 0.29) is 61.5 Å². The second-order valence-corrected chi connectivity index (χ2v) is 11.0. The van der Waals surface area contributed by atoms with Gasteiger partial charge in [0.15, 0.2) is 11.6 Å². The first kappa shape index (κ1) is 33.4. The molecule has 1 aromatic rings. The topological polar surface area (TPSA) is 104 Å². The molecule has 0 spiro atoms. The Hall–Kier alpha value is -2.83. The van der Waals surface area contributed by atoms with Crippen LogP contribution in [0.3, 0.4) is 0 Å². The number of ketones is 3. The molecule has 1 saturated carbocycles. The zero-order chi connectivity index (χ0) is 29.4. The predicted octanol–water partition coefficient (Wildman–Crippen LogP) is 6.85. The molecule has 0 saturated heterocycles. The van der Waals surface area contributed by atoms with E-state index in [1.807, 2.05) is 18.2 Å². The standard InChI is InChI=1S/C33H48O7/c1-4-7-11-16-25(23-28(34)26-17-12-10-13-18-26)24-29(35)27-20-21-30(36)33(27,32(38)40-6-3)22-15-9-8-14-19-31(37)39-5-2/h10,12-13,17-18,25,27H,4-9,11,14-16,19-24H2,1-3H3. The monoisotopic (exact) mass is 556 g/mol. The van der Waals surface area contributed by atoms with E-state index in [1.165, 1.54) is 0 Å². The van der Waals surface area contributed by atoms with Crippen LogP contribution in [0.4, 0.5) is 0 Å². The van der Waals surface area contributed by atoms with Gasteiger partial charge in [-0.1, -0.05) is 75.8 Å². The lowest BCUT2D eigenvalue weighted by molar-refractivity contribution is -0.164. The minimum absolute atomic E-state index is 0.0110. The second-order valence-electron chi connectivity index (χ2n) is 11.0. The highest BCUT2D eigenvalue weighted by molar-refractivity contribution is 6.10. The van der Waals surface area contributed by atoms with Crippen LogP contribution in [0.1, 0.15) is 121 Å². The van der Waals surface area contributed by atoms with Crippen molar-refractivity contribution in [2.45, 2.75) is 111 Å². The molecule has 0 bridgehead atoms. The van der Waals surface area contributed by atoms with Crippen LogP contribution in [0, 0.1) is 17.3 Å². The van der Waals surface area contributed by atoms with Gasteiger partial charge in [-0.05, 0) is 45.4 Å². The number of hydrogen-bond donors (Lipinski definition) is 0. The molecule has 1 aliphatic carbocycles. The SMILES string of the molecule is CCCCCC(CC(=O)c1ccccc1)CC(=O)C1CCC(=O)C1(CCCCCCC(=O)OCC)C(=O)OCC. The maximum Gasteiger partial charge on any atom is 0.320 e. The molecule has 1 fully saturated rings. The first-order chi connectivity index (χ1) is 19.3. The molecule has 0 amide bonds. The van der Waals surface area contributed by atoms with Gasteiger partial charge in [-0.25, -0.2) is 0 Å². The summed E-state index contributed by atoms with van der Waals surface area (Å²) in [6.45, 7) is 6.09. The molecule has 3 atom stereocenters. The van der Waals surface area contributed by atoms with Crippen molar-refractivity contribution in [2.75, 3.05) is 13.2 Å². The summed E-state index contributed by atoms with van der Waals surface area (Å²) in [6, 6.07) is 9.12. The lowest BCUT2D eigenvalue weighted by Crippen LogP contribution is -2.45. The van der Waals surface area contributed by atoms with Crippen molar-refractivity contribution < 1.29 is 33.4 Å². The van der Waals surface area contributed by atoms with Gasteiger partial charge in [0.2, 0.25) is 0 Å². The maximum atomic E-state index is 13.8. The average molecular weight is 557 g/mol. The largest absolute Gasteiger partial charge is 0.466 e. The highest BCUT2D eigenvalue weighted by Crippen LogP contribution is 2.47. The molecule has 0 aromatic heterocycles. The van der Waals surface area contributed by atoms with Crippen LogP contribution in [-0.2, 0) is 28.7 Å². The Kier molecular flexibility index (Phi) is 14.8. The third-order valence-electron chi connectivity index (χ3n) is 8.06. The van der Waals surface area contributed by atoms with E-state index < -0.39 is 17.3 Å². The maximum absolute atomic E-state index is 13.8. The van der Waals surface area contributed by atoms with Crippen molar-refractivity contribution in [1.82, 2.24) is 0 Å². The summed E-state index contributed by atoms with van der Waals surface area (Å²) in [5.74, 6) is -1.98. The lowest BCUT2D eigenvalue weighted by Gasteiger charge is -2.32. The van der Waals surface area contributed by atoms with Gasteiger partial charge >= 0.3 is 11.9 Å². The van der Waals surface area contributed by atoms with Gasteiger partial charge in [0, 0.05) is 37.2 Å². The Morgan fingerprint density at radius 3 is 2.25 bits per heavy atom. The summed E-state index contributed by atoms with van der Waals surface area (Å²) in [4.78, 5) is 65.0. The summed E-state index contributed by atoms with van der Waals surface area (Å²) in [7, 11) is 0. The van der Waals surface area contributed by atoms with Crippen LogP contribution < -0.4 is 0 Å². The zero-order valence-corrected chi connectivity index (χ0v) is 24.7. The Morgan fingerprint density at radius 1 is 0.875 bits per heavy atom. The van der Waals surface area contributed by atoms with Crippen molar-refractivity contribution in [1.29, 1.82) is 0 Å². The van der Waals surface area contributed by atoms with Crippen LogP contribution in [0.2, 0.25) is 0 Å². The van der Waals surface area contributed by atoms with Crippen LogP contribution in [0.5, 0.6) is 0 Å².